The number of nitrogens with one attached hydrogen (secondary N) is 1. The molecule has 6 nitrogen and oxygen atoms in total. The molecule has 3 rings (SSSR count). The van der Waals surface area contributed by atoms with E-state index in [9.17, 15) is 13.2 Å². The SMILES string of the molecule is CCOC(=O)c1ccc(S(=O)(=O)NC2CCN(C3CC3)CC2)cc1. The molecular formula is C17H24N2O4S. The van der Waals surface area contributed by atoms with Gasteiger partial charge in [-0.2, -0.15) is 0 Å². The highest BCUT2D eigenvalue weighted by Gasteiger charge is 2.33. The van der Waals surface area contributed by atoms with E-state index in [-0.39, 0.29) is 10.9 Å². The summed E-state index contributed by atoms with van der Waals surface area (Å²) < 4.78 is 32.7. The molecule has 1 aromatic carbocycles. The van der Waals surface area contributed by atoms with E-state index in [1.165, 1.54) is 37.1 Å². The van der Waals surface area contributed by atoms with Crippen molar-refractivity contribution in [2.75, 3.05) is 19.7 Å². The number of carbonyl (C=O) groups excluding carboxylic acids is 1. The average Bonchev–Trinajstić information content (AvgIpc) is 3.40. The standard InChI is InChI=1S/C17H24N2O4S/c1-2-23-17(20)13-3-7-16(8-4-13)24(21,22)18-14-9-11-19(12-10-14)15-5-6-15/h3-4,7-8,14-15,18H,2,5-6,9-12H2,1H3. The van der Waals surface area contributed by atoms with E-state index in [4.69, 9.17) is 4.74 Å². The lowest BCUT2D eigenvalue weighted by Gasteiger charge is -2.32. The Bertz CT molecular complexity index is 675. The third-order valence-corrected chi connectivity index (χ3v) is 6.13. The largest absolute Gasteiger partial charge is 0.462 e. The number of likely N-dealkylation sites (tertiary alicyclic amines) is 1. The predicted molar refractivity (Wildman–Crippen MR) is 90.3 cm³/mol. The van der Waals surface area contributed by atoms with Crippen molar-refractivity contribution in [1.29, 1.82) is 0 Å². The number of rotatable bonds is 6. The van der Waals surface area contributed by atoms with Crippen LogP contribution < -0.4 is 4.72 Å². The van der Waals surface area contributed by atoms with Gasteiger partial charge in [-0.25, -0.2) is 17.9 Å². The maximum atomic E-state index is 12.5. The summed E-state index contributed by atoms with van der Waals surface area (Å²) in [5.74, 6) is -0.443. The number of carbonyl (C=O) groups is 1. The molecule has 1 N–H and O–H groups in total. The lowest BCUT2D eigenvalue weighted by atomic mass is 10.1. The van der Waals surface area contributed by atoms with Gasteiger partial charge in [0.15, 0.2) is 0 Å². The summed E-state index contributed by atoms with van der Waals surface area (Å²) in [4.78, 5) is 14.3. The van der Waals surface area contributed by atoms with Crippen molar-refractivity contribution >= 4 is 16.0 Å². The fraction of sp³-hybridized carbons (Fsp3) is 0.588. The van der Waals surface area contributed by atoms with Crippen LogP contribution in [0, 0.1) is 0 Å². The van der Waals surface area contributed by atoms with Gasteiger partial charge in [0.2, 0.25) is 10.0 Å². The molecule has 0 aromatic heterocycles. The van der Waals surface area contributed by atoms with E-state index in [0.717, 1.165) is 32.0 Å². The third-order valence-electron chi connectivity index (χ3n) is 4.59. The molecule has 0 spiro atoms. The van der Waals surface area contributed by atoms with Gasteiger partial charge in [0.1, 0.15) is 0 Å². The van der Waals surface area contributed by atoms with Gasteiger partial charge in [-0.1, -0.05) is 0 Å². The van der Waals surface area contributed by atoms with Crippen molar-refractivity contribution < 1.29 is 17.9 Å². The zero-order valence-electron chi connectivity index (χ0n) is 13.9. The Hall–Kier alpha value is -1.44. The first kappa shape index (κ1) is 17.4. The molecule has 1 saturated heterocycles. The minimum Gasteiger partial charge on any atom is -0.462 e. The van der Waals surface area contributed by atoms with Gasteiger partial charge in [0.25, 0.3) is 0 Å². The second kappa shape index (κ2) is 7.21. The molecule has 0 bridgehead atoms. The monoisotopic (exact) mass is 352 g/mol. The van der Waals surface area contributed by atoms with Crippen molar-refractivity contribution in [3.8, 4) is 0 Å². The Morgan fingerprint density at radius 1 is 1.17 bits per heavy atom. The van der Waals surface area contributed by atoms with Crippen molar-refractivity contribution in [2.24, 2.45) is 0 Å². The molecule has 0 unspecified atom stereocenters. The molecule has 2 fully saturated rings. The molecule has 0 amide bonds. The lowest BCUT2D eigenvalue weighted by molar-refractivity contribution is 0.0526. The van der Waals surface area contributed by atoms with Crippen LogP contribution in [0.4, 0.5) is 0 Å². The van der Waals surface area contributed by atoms with E-state index < -0.39 is 16.0 Å². The van der Waals surface area contributed by atoms with Gasteiger partial charge in [-0.05, 0) is 70.0 Å². The molecule has 1 heterocycles. The number of esters is 1. The maximum Gasteiger partial charge on any atom is 0.338 e. The lowest BCUT2D eigenvalue weighted by Crippen LogP contribution is -2.45. The summed E-state index contributed by atoms with van der Waals surface area (Å²) in [6.45, 7) is 3.94. The van der Waals surface area contributed by atoms with E-state index in [1.54, 1.807) is 6.92 Å². The molecule has 1 aromatic rings. The predicted octanol–water partition coefficient (Wildman–Crippen LogP) is 1.77. The van der Waals surface area contributed by atoms with Crippen LogP contribution in [0.5, 0.6) is 0 Å². The number of sulfonamides is 1. The summed E-state index contributed by atoms with van der Waals surface area (Å²) in [6, 6.07) is 6.60. The van der Waals surface area contributed by atoms with Gasteiger partial charge in [0.05, 0.1) is 17.1 Å². The minimum atomic E-state index is -3.56. The van der Waals surface area contributed by atoms with Gasteiger partial charge in [-0.3, -0.25) is 0 Å². The number of piperidine rings is 1. The van der Waals surface area contributed by atoms with Crippen molar-refractivity contribution in [1.82, 2.24) is 9.62 Å². The Morgan fingerprint density at radius 2 is 1.79 bits per heavy atom. The van der Waals surface area contributed by atoms with E-state index in [0.29, 0.717) is 12.2 Å². The highest BCUT2D eigenvalue weighted by molar-refractivity contribution is 7.89. The van der Waals surface area contributed by atoms with Gasteiger partial charge < -0.3 is 9.64 Å². The first-order valence-electron chi connectivity index (χ1n) is 8.53. The average molecular weight is 352 g/mol. The third kappa shape index (κ3) is 4.15. The maximum absolute atomic E-state index is 12.5. The first-order valence-corrected chi connectivity index (χ1v) is 10.0. The second-order valence-electron chi connectivity index (χ2n) is 6.41. The topological polar surface area (TPSA) is 75.7 Å². The van der Waals surface area contributed by atoms with Crippen LogP contribution in [0.15, 0.2) is 29.2 Å². The van der Waals surface area contributed by atoms with Crippen LogP contribution in [0.3, 0.4) is 0 Å². The van der Waals surface area contributed by atoms with Crippen molar-refractivity contribution in [3.63, 3.8) is 0 Å². The van der Waals surface area contributed by atoms with Crippen LogP contribution in [-0.2, 0) is 14.8 Å². The van der Waals surface area contributed by atoms with Gasteiger partial charge >= 0.3 is 5.97 Å². The van der Waals surface area contributed by atoms with Crippen molar-refractivity contribution in [2.45, 2.75) is 49.6 Å². The number of hydrogen-bond donors (Lipinski definition) is 1. The van der Waals surface area contributed by atoms with Crippen LogP contribution in [-0.4, -0.2) is 51.1 Å². The zero-order valence-corrected chi connectivity index (χ0v) is 14.7. The molecule has 0 radical (unpaired) electrons. The molecule has 1 aliphatic heterocycles. The number of benzene rings is 1. The second-order valence-corrected chi connectivity index (χ2v) is 8.12. The van der Waals surface area contributed by atoms with Gasteiger partial charge in [0, 0.05) is 12.1 Å². The summed E-state index contributed by atoms with van der Waals surface area (Å²) in [5.41, 5.74) is 0.355. The molecule has 1 saturated carbocycles. The molecule has 2 aliphatic rings. The fourth-order valence-electron chi connectivity index (χ4n) is 3.09. The number of hydrogen-bond acceptors (Lipinski definition) is 5. The highest BCUT2D eigenvalue weighted by atomic mass is 32.2. The summed E-state index contributed by atoms with van der Waals surface area (Å²) in [6.07, 6.45) is 4.25. The number of nitrogens with zero attached hydrogens (tertiary/aromatic N) is 1. The van der Waals surface area contributed by atoms with Crippen LogP contribution in [0.2, 0.25) is 0 Å². The Kier molecular flexibility index (Phi) is 5.22. The minimum absolute atomic E-state index is 0.0188. The zero-order chi connectivity index (χ0) is 17.2. The molecule has 132 valence electrons. The number of ether oxygens (including phenoxy) is 1. The first-order chi connectivity index (χ1) is 11.5. The Morgan fingerprint density at radius 3 is 2.33 bits per heavy atom. The summed E-state index contributed by atoms with van der Waals surface area (Å²) in [7, 11) is -3.56. The smallest absolute Gasteiger partial charge is 0.338 e. The Balaban J connectivity index is 1.59. The molecule has 24 heavy (non-hydrogen) atoms. The van der Waals surface area contributed by atoms with E-state index in [1.807, 2.05) is 0 Å². The van der Waals surface area contributed by atoms with E-state index in [2.05, 4.69) is 9.62 Å². The highest BCUT2D eigenvalue weighted by Crippen LogP contribution is 2.29. The quantitative estimate of drug-likeness (QED) is 0.790. The van der Waals surface area contributed by atoms with Crippen molar-refractivity contribution in [3.05, 3.63) is 29.8 Å². The molecule has 0 atom stereocenters. The van der Waals surface area contributed by atoms with E-state index >= 15 is 0 Å². The molecular weight excluding hydrogens is 328 g/mol. The summed E-state index contributed by atoms with van der Waals surface area (Å²) >= 11 is 0. The fourth-order valence-corrected chi connectivity index (χ4v) is 4.40. The molecule has 7 heteroatoms. The van der Waals surface area contributed by atoms with Crippen LogP contribution in [0.1, 0.15) is 43.0 Å². The van der Waals surface area contributed by atoms with Crippen LogP contribution >= 0.6 is 0 Å². The normalized spacial score (nSPS) is 20.0. The van der Waals surface area contributed by atoms with Gasteiger partial charge in [-0.15, -0.1) is 0 Å². The van der Waals surface area contributed by atoms with Crippen LogP contribution in [0.25, 0.3) is 0 Å². The Labute approximate surface area is 143 Å². The molecule has 1 aliphatic carbocycles. The summed E-state index contributed by atoms with van der Waals surface area (Å²) in [5, 5.41) is 0.